The highest BCUT2D eigenvalue weighted by molar-refractivity contribution is 5.68. The highest BCUT2D eigenvalue weighted by atomic mass is 16.5. The first-order valence-electron chi connectivity index (χ1n) is 5.48. The van der Waals surface area contributed by atoms with E-state index >= 15 is 0 Å². The van der Waals surface area contributed by atoms with Crippen LogP contribution in [-0.4, -0.2) is 30.5 Å². The molecule has 4 heteroatoms. The van der Waals surface area contributed by atoms with Gasteiger partial charge in [0.05, 0.1) is 12.6 Å². The molecular weight excluding hydrogens is 194 g/mol. The van der Waals surface area contributed by atoms with Gasteiger partial charge in [-0.25, -0.2) is 4.79 Å². The molecule has 0 aromatic carbocycles. The molecule has 0 aromatic heterocycles. The van der Waals surface area contributed by atoms with Crippen molar-refractivity contribution in [2.45, 2.75) is 32.2 Å². The van der Waals surface area contributed by atoms with Crippen molar-refractivity contribution in [1.29, 1.82) is 0 Å². The number of unbranched alkanes of at least 4 members (excludes halogenated alkanes) is 1. The summed E-state index contributed by atoms with van der Waals surface area (Å²) in [5, 5.41) is 11.6. The van der Waals surface area contributed by atoms with Crippen LogP contribution in [0, 0.1) is 5.92 Å². The lowest BCUT2D eigenvalue weighted by atomic mass is 10.1. The summed E-state index contributed by atoms with van der Waals surface area (Å²) in [6.45, 7) is 2.66. The summed E-state index contributed by atoms with van der Waals surface area (Å²) >= 11 is 0. The van der Waals surface area contributed by atoms with Gasteiger partial charge in [0.1, 0.15) is 0 Å². The van der Waals surface area contributed by atoms with Crippen molar-refractivity contribution in [1.82, 2.24) is 5.32 Å². The van der Waals surface area contributed by atoms with Crippen LogP contribution in [0.1, 0.15) is 26.2 Å². The first-order valence-corrected chi connectivity index (χ1v) is 5.48. The predicted molar refractivity (Wildman–Crippen MR) is 57.5 cm³/mol. The molecule has 0 saturated heterocycles. The van der Waals surface area contributed by atoms with Crippen molar-refractivity contribution < 1.29 is 14.6 Å². The van der Waals surface area contributed by atoms with E-state index in [2.05, 4.69) is 5.32 Å². The summed E-state index contributed by atoms with van der Waals surface area (Å²) < 4.78 is 4.97. The first-order chi connectivity index (χ1) is 7.26. The van der Waals surface area contributed by atoms with Gasteiger partial charge in [-0.05, 0) is 12.8 Å². The second-order valence-corrected chi connectivity index (χ2v) is 3.80. The number of aliphatic hydroxyl groups excluding tert-OH is 1. The maximum Gasteiger partial charge on any atom is 0.407 e. The van der Waals surface area contributed by atoms with Gasteiger partial charge in [0, 0.05) is 12.5 Å². The molecule has 0 aromatic rings. The number of ether oxygens (including phenoxy) is 1. The highest BCUT2D eigenvalue weighted by Crippen LogP contribution is 2.16. The Morgan fingerprint density at radius 2 is 2.40 bits per heavy atom. The Morgan fingerprint density at radius 3 is 3.00 bits per heavy atom. The molecule has 0 radical (unpaired) electrons. The van der Waals surface area contributed by atoms with E-state index in [1.165, 1.54) is 0 Å². The number of hydrogen-bond donors (Lipinski definition) is 2. The van der Waals surface area contributed by atoms with Crippen LogP contribution in [0.3, 0.4) is 0 Å². The van der Waals surface area contributed by atoms with Crippen LogP contribution in [0.2, 0.25) is 0 Å². The third kappa shape index (κ3) is 4.34. The number of nitrogens with one attached hydrogen (secondary N) is 1. The molecule has 2 N–H and O–H groups in total. The topological polar surface area (TPSA) is 58.6 Å². The van der Waals surface area contributed by atoms with E-state index in [1.54, 1.807) is 0 Å². The molecule has 0 fully saturated rings. The minimum Gasteiger partial charge on any atom is -0.450 e. The number of carbonyl (C=O) groups excluding carboxylic acids is 1. The lowest BCUT2D eigenvalue weighted by molar-refractivity contribution is 0.141. The molecule has 0 spiro atoms. The molecule has 1 aliphatic rings. The summed E-state index contributed by atoms with van der Waals surface area (Å²) in [5.74, 6) is 0.172. The highest BCUT2D eigenvalue weighted by Gasteiger charge is 2.19. The number of amides is 1. The normalized spacial score (nSPS) is 24.1. The van der Waals surface area contributed by atoms with Crippen LogP contribution >= 0.6 is 0 Å². The molecule has 1 aliphatic carbocycles. The Balaban J connectivity index is 2.14. The zero-order valence-electron chi connectivity index (χ0n) is 9.11. The molecule has 0 heterocycles. The van der Waals surface area contributed by atoms with Gasteiger partial charge in [-0.2, -0.15) is 0 Å². The molecule has 0 bridgehead atoms. The van der Waals surface area contributed by atoms with E-state index in [0.29, 0.717) is 6.61 Å². The fourth-order valence-corrected chi connectivity index (χ4v) is 1.52. The second-order valence-electron chi connectivity index (χ2n) is 3.80. The predicted octanol–water partition coefficient (Wildman–Crippen LogP) is 1.45. The number of carbonyl (C=O) groups is 1. The maximum absolute atomic E-state index is 11.2. The molecule has 86 valence electrons. The maximum atomic E-state index is 11.2. The molecule has 2 unspecified atom stereocenters. The van der Waals surface area contributed by atoms with E-state index in [0.717, 1.165) is 19.3 Å². The van der Waals surface area contributed by atoms with Gasteiger partial charge < -0.3 is 15.2 Å². The zero-order valence-corrected chi connectivity index (χ0v) is 9.11. The largest absolute Gasteiger partial charge is 0.450 e. The summed E-state index contributed by atoms with van der Waals surface area (Å²) in [4.78, 5) is 11.2. The smallest absolute Gasteiger partial charge is 0.407 e. The number of rotatable bonds is 5. The van der Waals surface area contributed by atoms with Gasteiger partial charge in [-0.3, -0.25) is 0 Å². The fourth-order valence-electron chi connectivity index (χ4n) is 1.52. The molecule has 1 amide bonds. The van der Waals surface area contributed by atoms with Gasteiger partial charge >= 0.3 is 6.09 Å². The van der Waals surface area contributed by atoms with Crippen molar-refractivity contribution in [2.75, 3.05) is 13.2 Å². The zero-order chi connectivity index (χ0) is 11.1. The standard InChI is InChI=1S/C11H19NO3/c1-2-3-6-15-11(14)12-10-5-4-9(7-10)8-13/h4-5,9-10,13H,2-3,6-8H2,1H3,(H,12,14). The van der Waals surface area contributed by atoms with Gasteiger partial charge in [-0.15, -0.1) is 0 Å². The lowest BCUT2D eigenvalue weighted by Crippen LogP contribution is -2.33. The van der Waals surface area contributed by atoms with E-state index in [9.17, 15) is 4.79 Å². The van der Waals surface area contributed by atoms with Crippen LogP contribution in [-0.2, 0) is 4.74 Å². The summed E-state index contributed by atoms with van der Waals surface area (Å²) in [7, 11) is 0. The number of aliphatic hydroxyl groups is 1. The van der Waals surface area contributed by atoms with Crippen molar-refractivity contribution in [3.63, 3.8) is 0 Å². The Bertz CT molecular complexity index is 228. The molecule has 2 atom stereocenters. The van der Waals surface area contributed by atoms with Crippen LogP contribution in [0.15, 0.2) is 12.2 Å². The van der Waals surface area contributed by atoms with Crippen LogP contribution in [0.5, 0.6) is 0 Å². The third-order valence-corrected chi connectivity index (χ3v) is 2.44. The van der Waals surface area contributed by atoms with Crippen molar-refractivity contribution in [3.05, 3.63) is 12.2 Å². The molecule has 4 nitrogen and oxygen atoms in total. The summed E-state index contributed by atoms with van der Waals surface area (Å²) in [6.07, 6.45) is 6.14. The van der Waals surface area contributed by atoms with Crippen LogP contribution in [0.4, 0.5) is 4.79 Å². The van der Waals surface area contributed by atoms with E-state index in [-0.39, 0.29) is 24.7 Å². The van der Waals surface area contributed by atoms with Gasteiger partial charge in [-0.1, -0.05) is 25.5 Å². The molecule has 1 rings (SSSR count). The van der Waals surface area contributed by atoms with Crippen molar-refractivity contribution in [2.24, 2.45) is 5.92 Å². The monoisotopic (exact) mass is 213 g/mol. The SMILES string of the molecule is CCCCOC(=O)NC1C=CC(CO)C1. The average molecular weight is 213 g/mol. The molecular formula is C11H19NO3. The van der Waals surface area contributed by atoms with E-state index < -0.39 is 0 Å². The average Bonchev–Trinajstić information content (AvgIpc) is 2.66. The van der Waals surface area contributed by atoms with Crippen LogP contribution < -0.4 is 5.32 Å². The van der Waals surface area contributed by atoms with Crippen LogP contribution in [0.25, 0.3) is 0 Å². The van der Waals surface area contributed by atoms with E-state index in [4.69, 9.17) is 9.84 Å². The first kappa shape index (κ1) is 12.0. The lowest BCUT2D eigenvalue weighted by Gasteiger charge is -2.12. The minimum atomic E-state index is -0.364. The molecule has 0 saturated carbocycles. The minimum absolute atomic E-state index is 0.0104. The Kier molecular flexibility index (Phi) is 5.18. The summed E-state index contributed by atoms with van der Waals surface area (Å²) in [6, 6.07) is 0.0104. The Morgan fingerprint density at radius 1 is 1.60 bits per heavy atom. The Hall–Kier alpha value is -1.03. The Labute approximate surface area is 90.3 Å². The quantitative estimate of drug-likeness (QED) is 0.537. The van der Waals surface area contributed by atoms with Crippen molar-refractivity contribution >= 4 is 6.09 Å². The second kappa shape index (κ2) is 6.45. The van der Waals surface area contributed by atoms with E-state index in [1.807, 2.05) is 19.1 Å². The summed E-state index contributed by atoms with van der Waals surface area (Å²) in [5.41, 5.74) is 0. The van der Waals surface area contributed by atoms with Gasteiger partial charge in [0.2, 0.25) is 0 Å². The molecule has 0 aliphatic heterocycles. The molecule has 15 heavy (non-hydrogen) atoms. The number of hydrogen-bond acceptors (Lipinski definition) is 3. The third-order valence-electron chi connectivity index (χ3n) is 2.44. The van der Waals surface area contributed by atoms with Crippen molar-refractivity contribution in [3.8, 4) is 0 Å². The van der Waals surface area contributed by atoms with Gasteiger partial charge in [0.15, 0.2) is 0 Å². The fraction of sp³-hybridized carbons (Fsp3) is 0.727. The number of alkyl carbamates (subject to hydrolysis) is 1. The van der Waals surface area contributed by atoms with Gasteiger partial charge in [0.25, 0.3) is 0 Å².